The molecule has 0 spiro atoms. The van der Waals surface area contributed by atoms with Crippen LogP contribution in [0.1, 0.15) is 55.7 Å². The normalized spacial score (nSPS) is 14.7. The first kappa shape index (κ1) is 33.3. The molecule has 0 bridgehead atoms. The van der Waals surface area contributed by atoms with Crippen LogP contribution in [-0.4, -0.2) is 43.8 Å². The van der Waals surface area contributed by atoms with E-state index < -0.39 is 45.9 Å². The Morgan fingerprint density at radius 1 is 1.00 bits per heavy atom. The summed E-state index contributed by atoms with van der Waals surface area (Å²) >= 11 is 6.32. The van der Waals surface area contributed by atoms with Crippen molar-refractivity contribution >= 4 is 39.1 Å². The van der Waals surface area contributed by atoms with Gasteiger partial charge in [0.15, 0.2) is 0 Å². The highest BCUT2D eigenvalue weighted by atomic mass is 35.5. The maximum Gasteiger partial charge on any atom is 0.416 e. The molecule has 2 amide bonds. The number of hydrogen-bond donors (Lipinski definition) is 1. The minimum absolute atomic E-state index is 0.0162. The number of anilines is 1. The van der Waals surface area contributed by atoms with Crippen molar-refractivity contribution in [3.8, 4) is 0 Å². The van der Waals surface area contributed by atoms with Gasteiger partial charge in [-0.3, -0.25) is 13.9 Å². The standard InChI is InChI=1S/C32H35ClF3N3O4S/c1-3-28(31(41)37-25-13-9-10-14-25)38(20-23-12-8-7-11-22(23)2)30(40)21-39(44(42,43)26-15-5-4-6-16-26)29-19-24(32(34,35)36)17-18-27(29)33/h4-8,11-12,15-19,25,28H,3,9-10,13-14,20-21H2,1-2H3,(H,37,41)/t28-/m0/s1. The second-order valence-electron chi connectivity index (χ2n) is 10.9. The molecule has 12 heteroatoms. The van der Waals surface area contributed by atoms with Crippen molar-refractivity contribution in [1.29, 1.82) is 0 Å². The molecule has 1 aliphatic rings. The summed E-state index contributed by atoms with van der Waals surface area (Å²) in [7, 11) is -4.59. The highest BCUT2D eigenvalue weighted by Crippen LogP contribution is 2.37. The zero-order valence-electron chi connectivity index (χ0n) is 24.5. The minimum Gasteiger partial charge on any atom is -0.352 e. The fourth-order valence-corrected chi connectivity index (χ4v) is 7.09. The van der Waals surface area contributed by atoms with Gasteiger partial charge in [0.1, 0.15) is 12.6 Å². The summed E-state index contributed by atoms with van der Waals surface area (Å²) in [4.78, 5) is 28.9. The number of carbonyl (C=O) groups excluding carboxylic acids is 2. The number of hydrogen-bond acceptors (Lipinski definition) is 4. The van der Waals surface area contributed by atoms with E-state index in [9.17, 15) is 31.2 Å². The number of benzene rings is 3. The lowest BCUT2D eigenvalue weighted by atomic mass is 10.1. The van der Waals surface area contributed by atoms with Crippen LogP contribution >= 0.6 is 11.6 Å². The molecule has 236 valence electrons. The number of alkyl halides is 3. The van der Waals surface area contributed by atoms with Gasteiger partial charge in [-0.25, -0.2) is 8.42 Å². The summed E-state index contributed by atoms with van der Waals surface area (Å²) in [5, 5.41) is 2.74. The van der Waals surface area contributed by atoms with E-state index in [4.69, 9.17) is 11.6 Å². The third-order valence-corrected chi connectivity index (χ3v) is 9.94. The number of nitrogens with zero attached hydrogens (tertiary/aromatic N) is 2. The van der Waals surface area contributed by atoms with Gasteiger partial charge in [-0.05, 0) is 67.6 Å². The molecule has 0 radical (unpaired) electrons. The maximum absolute atomic E-state index is 14.2. The Balaban J connectivity index is 1.79. The summed E-state index contributed by atoms with van der Waals surface area (Å²) in [6.07, 6.45) is -0.953. The highest BCUT2D eigenvalue weighted by Gasteiger charge is 2.37. The fourth-order valence-electron chi connectivity index (χ4n) is 5.37. The zero-order valence-corrected chi connectivity index (χ0v) is 26.1. The van der Waals surface area contributed by atoms with Crippen LogP contribution in [0, 0.1) is 6.92 Å². The van der Waals surface area contributed by atoms with Crippen LogP contribution in [0.4, 0.5) is 18.9 Å². The van der Waals surface area contributed by atoms with Crippen molar-refractivity contribution in [2.24, 2.45) is 0 Å². The Kier molecular flexibility index (Phi) is 10.6. The molecule has 1 atom stereocenters. The van der Waals surface area contributed by atoms with Crippen molar-refractivity contribution in [3.05, 3.63) is 94.5 Å². The molecule has 1 N–H and O–H groups in total. The predicted octanol–water partition coefficient (Wildman–Crippen LogP) is 6.73. The Morgan fingerprint density at radius 2 is 1.64 bits per heavy atom. The second-order valence-corrected chi connectivity index (χ2v) is 13.1. The van der Waals surface area contributed by atoms with Crippen molar-refractivity contribution in [2.45, 2.75) is 75.7 Å². The minimum atomic E-state index is -4.80. The maximum atomic E-state index is 14.2. The molecule has 0 unspecified atom stereocenters. The van der Waals surface area contributed by atoms with E-state index in [0.717, 1.165) is 48.9 Å². The average molecular weight is 650 g/mol. The SMILES string of the molecule is CC[C@@H](C(=O)NC1CCCC1)N(Cc1ccccc1C)C(=O)CN(c1cc(C(F)(F)F)ccc1Cl)S(=O)(=O)c1ccccc1. The number of sulfonamides is 1. The van der Waals surface area contributed by atoms with E-state index in [1.807, 2.05) is 19.1 Å². The van der Waals surface area contributed by atoms with Gasteiger partial charge in [-0.2, -0.15) is 13.2 Å². The quantitative estimate of drug-likeness (QED) is 0.250. The largest absolute Gasteiger partial charge is 0.416 e. The van der Waals surface area contributed by atoms with E-state index in [2.05, 4.69) is 5.32 Å². The van der Waals surface area contributed by atoms with Crippen LogP contribution in [0.5, 0.6) is 0 Å². The Morgan fingerprint density at radius 3 is 2.25 bits per heavy atom. The summed E-state index contributed by atoms with van der Waals surface area (Å²) < 4.78 is 69.7. The molecular weight excluding hydrogens is 615 g/mol. The Bertz CT molecular complexity index is 1580. The van der Waals surface area contributed by atoms with Crippen LogP contribution in [0.3, 0.4) is 0 Å². The summed E-state index contributed by atoms with van der Waals surface area (Å²) in [5.41, 5.74) is -0.0386. The van der Waals surface area contributed by atoms with Gasteiger partial charge >= 0.3 is 6.18 Å². The molecule has 7 nitrogen and oxygen atoms in total. The number of amides is 2. The number of halogens is 4. The number of nitrogens with one attached hydrogen (secondary N) is 1. The highest BCUT2D eigenvalue weighted by molar-refractivity contribution is 7.92. The van der Waals surface area contributed by atoms with Gasteiger partial charge in [0.05, 0.1) is 21.2 Å². The lowest BCUT2D eigenvalue weighted by Gasteiger charge is -2.34. The molecule has 4 rings (SSSR count). The molecule has 3 aromatic rings. The Hall–Kier alpha value is -3.57. The van der Waals surface area contributed by atoms with Crippen LogP contribution in [0.2, 0.25) is 5.02 Å². The summed E-state index contributed by atoms with van der Waals surface area (Å²) in [5.74, 6) is -1.13. The van der Waals surface area contributed by atoms with Crippen molar-refractivity contribution < 1.29 is 31.2 Å². The molecule has 1 fully saturated rings. The topological polar surface area (TPSA) is 86.8 Å². The first-order valence-electron chi connectivity index (χ1n) is 14.4. The third kappa shape index (κ3) is 7.74. The van der Waals surface area contributed by atoms with Crippen LogP contribution in [0.25, 0.3) is 0 Å². The van der Waals surface area contributed by atoms with E-state index in [1.54, 1.807) is 25.1 Å². The number of aryl methyl sites for hydroxylation is 1. The molecule has 1 saturated carbocycles. The molecular formula is C32H35ClF3N3O4S. The van der Waals surface area contributed by atoms with Crippen molar-refractivity contribution in [1.82, 2.24) is 10.2 Å². The predicted molar refractivity (Wildman–Crippen MR) is 164 cm³/mol. The fraction of sp³-hybridized carbons (Fsp3) is 0.375. The first-order chi connectivity index (χ1) is 20.8. The molecule has 0 aromatic heterocycles. The van der Waals surface area contributed by atoms with Crippen LogP contribution in [-0.2, 0) is 32.3 Å². The molecule has 0 heterocycles. The van der Waals surface area contributed by atoms with Crippen LogP contribution in [0.15, 0.2) is 77.7 Å². The third-order valence-electron chi connectivity index (χ3n) is 7.84. The first-order valence-corrected chi connectivity index (χ1v) is 16.2. The molecule has 0 saturated heterocycles. The average Bonchev–Trinajstić information content (AvgIpc) is 3.50. The van der Waals surface area contributed by atoms with E-state index >= 15 is 0 Å². The zero-order chi connectivity index (χ0) is 32.1. The molecule has 1 aliphatic carbocycles. The van der Waals surface area contributed by atoms with Gasteiger partial charge in [-0.15, -0.1) is 0 Å². The monoisotopic (exact) mass is 649 g/mol. The van der Waals surface area contributed by atoms with Gasteiger partial charge in [0.25, 0.3) is 10.0 Å². The molecule has 44 heavy (non-hydrogen) atoms. The van der Waals surface area contributed by atoms with Gasteiger partial charge in [0, 0.05) is 12.6 Å². The summed E-state index contributed by atoms with van der Waals surface area (Å²) in [6, 6.07) is 15.7. The van der Waals surface area contributed by atoms with Gasteiger partial charge < -0.3 is 10.2 Å². The number of rotatable bonds is 11. The Labute approximate surface area is 261 Å². The molecule has 0 aliphatic heterocycles. The second kappa shape index (κ2) is 14.0. The number of carbonyl (C=O) groups is 2. The van der Waals surface area contributed by atoms with E-state index in [-0.39, 0.29) is 34.8 Å². The van der Waals surface area contributed by atoms with Crippen LogP contribution < -0.4 is 9.62 Å². The lowest BCUT2D eigenvalue weighted by molar-refractivity contribution is -0.140. The lowest BCUT2D eigenvalue weighted by Crippen LogP contribution is -2.53. The van der Waals surface area contributed by atoms with Gasteiger partial charge in [-0.1, -0.05) is 73.8 Å². The smallest absolute Gasteiger partial charge is 0.352 e. The van der Waals surface area contributed by atoms with Gasteiger partial charge in [0.2, 0.25) is 11.8 Å². The molecule has 3 aromatic carbocycles. The van der Waals surface area contributed by atoms with E-state index in [1.165, 1.54) is 29.2 Å². The summed E-state index contributed by atoms with van der Waals surface area (Å²) in [6.45, 7) is 2.69. The van der Waals surface area contributed by atoms with E-state index in [0.29, 0.717) is 10.4 Å². The van der Waals surface area contributed by atoms with Crippen molar-refractivity contribution in [2.75, 3.05) is 10.8 Å². The van der Waals surface area contributed by atoms with Crippen molar-refractivity contribution in [3.63, 3.8) is 0 Å².